The van der Waals surface area contributed by atoms with Crippen LogP contribution in [-0.4, -0.2) is 28.8 Å². The quantitative estimate of drug-likeness (QED) is 0.341. The highest BCUT2D eigenvalue weighted by atomic mass is 19.4. The summed E-state index contributed by atoms with van der Waals surface area (Å²) in [5.74, 6) is -2.68. The van der Waals surface area contributed by atoms with Crippen LogP contribution in [0.4, 0.5) is 27.6 Å². The van der Waals surface area contributed by atoms with Crippen LogP contribution in [0.3, 0.4) is 0 Å². The minimum absolute atomic E-state index is 0.145. The summed E-state index contributed by atoms with van der Waals surface area (Å²) in [6.07, 6.45) is -9.65. The Balaban J connectivity index is 3.47. The van der Waals surface area contributed by atoms with E-state index in [0.29, 0.717) is 6.20 Å². The summed E-state index contributed by atoms with van der Waals surface area (Å²) < 4.78 is 70.7. The number of hydrogen-bond acceptors (Lipinski definition) is 6. The fourth-order valence-electron chi connectivity index (χ4n) is 1.65. The predicted molar refractivity (Wildman–Crippen MR) is 62.9 cm³/mol. The minimum atomic E-state index is -5.34. The Hall–Kier alpha value is -2.53. The molecular weight excluding hydrogens is 335 g/mol. The van der Waals surface area contributed by atoms with Crippen LogP contribution in [0.2, 0.25) is 0 Å². The first-order chi connectivity index (χ1) is 10.6. The van der Waals surface area contributed by atoms with Gasteiger partial charge in [-0.15, -0.1) is 13.2 Å². The van der Waals surface area contributed by atoms with Gasteiger partial charge in [0.15, 0.2) is 0 Å². The number of esters is 1. The monoisotopic (exact) mass is 344 g/mol. The molecule has 7 nitrogen and oxygen atoms in total. The molecule has 0 radical (unpaired) electrons. The lowest BCUT2D eigenvalue weighted by Crippen LogP contribution is -2.21. The standard InChI is InChI=1S/C11H9F5N2O5/c1-2-22-7(19)3-5-6(18(20)21)4-17-10(8(5)9(12)13)23-11(14,15)16/h4,9H,2-3H2,1H3. The van der Waals surface area contributed by atoms with Gasteiger partial charge in [-0.05, 0) is 6.92 Å². The van der Waals surface area contributed by atoms with Gasteiger partial charge < -0.3 is 9.47 Å². The van der Waals surface area contributed by atoms with E-state index in [1.807, 2.05) is 0 Å². The molecule has 0 aliphatic heterocycles. The molecule has 0 amide bonds. The average Bonchev–Trinajstić information content (AvgIpc) is 2.36. The first-order valence-electron chi connectivity index (χ1n) is 5.92. The minimum Gasteiger partial charge on any atom is -0.466 e. The summed E-state index contributed by atoms with van der Waals surface area (Å²) in [7, 11) is 0. The van der Waals surface area contributed by atoms with Gasteiger partial charge in [0.2, 0.25) is 5.88 Å². The zero-order valence-corrected chi connectivity index (χ0v) is 11.4. The number of aromatic nitrogens is 1. The molecule has 1 rings (SSSR count). The fourth-order valence-corrected chi connectivity index (χ4v) is 1.65. The smallest absolute Gasteiger partial charge is 0.466 e. The van der Waals surface area contributed by atoms with E-state index in [2.05, 4.69) is 14.5 Å². The Labute approximate surface area is 125 Å². The van der Waals surface area contributed by atoms with Gasteiger partial charge in [-0.1, -0.05) is 0 Å². The van der Waals surface area contributed by atoms with Crippen LogP contribution in [0.5, 0.6) is 5.88 Å². The number of nitro groups is 1. The molecule has 0 unspecified atom stereocenters. The maximum absolute atomic E-state index is 13.1. The first kappa shape index (κ1) is 18.5. The molecule has 1 aromatic heterocycles. The number of hydrogen-bond donors (Lipinski definition) is 0. The highest BCUT2D eigenvalue weighted by Gasteiger charge is 2.37. The van der Waals surface area contributed by atoms with Gasteiger partial charge in [0.05, 0.1) is 29.1 Å². The molecular formula is C11H9F5N2O5. The largest absolute Gasteiger partial charge is 0.574 e. The maximum Gasteiger partial charge on any atom is 0.574 e. The molecule has 0 bridgehead atoms. The molecule has 1 aromatic rings. The maximum atomic E-state index is 13.1. The molecule has 0 saturated carbocycles. The van der Waals surface area contributed by atoms with Crippen molar-refractivity contribution in [2.24, 2.45) is 0 Å². The summed E-state index contributed by atoms with van der Waals surface area (Å²) in [5.41, 5.74) is -3.47. The van der Waals surface area contributed by atoms with Crippen LogP contribution in [0.25, 0.3) is 0 Å². The van der Waals surface area contributed by atoms with E-state index in [4.69, 9.17) is 0 Å². The Kier molecular flexibility index (Phi) is 5.76. The number of pyridine rings is 1. The molecule has 0 fully saturated rings. The molecule has 0 spiro atoms. The van der Waals surface area contributed by atoms with Crippen molar-refractivity contribution >= 4 is 11.7 Å². The first-order valence-corrected chi connectivity index (χ1v) is 5.92. The Morgan fingerprint density at radius 3 is 2.48 bits per heavy atom. The number of carbonyl (C=O) groups excluding carboxylic acids is 1. The van der Waals surface area contributed by atoms with Crippen LogP contribution in [0.15, 0.2) is 6.20 Å². The number of alkyl halides is 5. The number of halogens is 5. The third kappa shape index (κ3) is 5.00. The molecule has 0 N–H and O–H groups in total. The van der Waals surface area contributed by atoms with Gasteiger partial charge >= 0.3 is 12.3 Å². The van der Waals surface area contributed by atoms with E-state index in [1.54, 1.807) is 0 Å². The van der Waals surface area contributed by atoms with Crippen LogP contribution in [-0.2, 0) is 16.0 Å². The normalized spacial score (nSPS) is 11.4. The third-order valence-corrected chi connectivity index (χ3v) is 2.42. The third-order valence-electron chi connectivity index (χ3n) is 2.42. The molecule has 12 heteroatoms. The average molecular weight is 344 g/mol. The molecule has 23 heavy (non-hydrogen) atoms. The van der Waals surface area contributed by atoms with Crippen molar-refractivity contribution < 1.29 is 41.1 Å². The fraction of sp³-hybridized carbons (Fsp3) is 0.455. The second kappa shape index (κ2) is 7.15. The van der Waals surface area contributed by atoms with Crippen molar-refractivity contribution in [2.75, 3.05) is 6.61 Å². The number of carbonyl (C=O) groups is 1. The Morgan fingerprint density at radius 2 is 2.04 bits per heavy atom. The Bertz CT molecular complexity index is 605. The molecule has 0 aliphatic rings. The van der Waals surface area contributed by atoms with Crippen LogP contribution < -0.4 is 4.74 Å². The van der Waals surface area contributed by atoms with E-state index >= 15 is 0 Å². The summed E-state index contributed by atoms with van der Waals surface area (Å²) in [6.45, 7) is 1.25. The summed E-state index contributed by atoms with van der Waals surface area (Å²) in [4.78, 5) is 24.0. The number of nitrogens with zero attached hydrogens (tertiary/aromatic N) is 2. The highest BCUT2D eigenvalue weighted by Crippen LogP contribution is 2.38. The molecule has 0 atom stereocenters. The van der Waals surface area contributed by atoms with E-state index in [0.717, 1.165) is 0 Å². The number of ether oxygens (including phenoxy) is 2. The van der Waals surface area contributed by atoms with E-state index < -0.39 is 52.8 Å². The highest BCUT2D eigenvalue weighted by molar-refractivity contribution is 5.75. The van der Waals surface area contributed by atoms with Gasteiger partial charge in [-0.25, -0.2) is 13.8 Å². The van der Waals surface area contributed by atoms with Crippen LogP contribution >= 0.6 is 0 Å². The number of rotatable bonds is 6. The van der Waals surface area contributed by atoms with Gasteiger partial charge in [0.25, 0.3) is 12.1 Å². The topological polar surface area (TPSA) is 91.6 Å². The van der Waals surface area contributed by atoms with Crippen molar-refractivity contribution in [2.45, 2.75) is 26.1 Å². The van der Waals surface area contributed by atoms with E-state index in [-0.39, 0.29) is 6.61 Å². The predicted octanol–water partition coefficient (Wildman–Crippen LogP) is 2.93. The second-order valence-corrected chi connectivity index (χ2v) is 3.93. The van der Waals surface area contributed by atoms with Gasteiger partial charge in [-0.2, -0.15) is 0 Å². The van der Waals surface area contributed by atoms with Gasteiger partial charge in [0.1, 0.15) is 6.20 Å². The molecule has 128 valence electrons. The lowest BCUT2D eigenvalue weighted by atomic mass is 10.0. The molecule has 0 saturated heterocycles. The summed E-state index contributed by atoms with van der Waals surface area (Å²) >= 11 is 0. The molecule has 0 aromatic carbocycles. The Morgan fingerprint density at radius 1 is 1.43 bits per heavy atom. The van der Waals surface area contributed by atoms with Crippen LogP contribution in [0.1, 0.15) is 24.5 Å². The van der Waals surface area contributed by atoms with Gasteiger partial charge in [-0.3, -0.25) is 14.9 Å². The van der Waals surface area contributed by atoms with Crippen molar-refractivity contribution in [3.63, 3.8) is 0 Å². The van der Waals surface area contributed by atoms with Gasteiger partial charge in [0, 0.05) is 0 Å². The van der Waals surface area contributed by atoms with Crippen molar-refractivity contribution in [1.82, 2.24) is 4.98 Å². The SMILES string of the molecule is CCOC(=O)Cc1c([N+](=O)[O-])cnc(OC(F)(F)F)c1C(F)F. The lowest BCUT2D eigenvalue weighted by Gasteiger charge is -2.15. The second-order valence-electron chi connectivity index (χ2n) is 3.93. The zero-order valence-electron chi connectivity index (χ0n) is 11.4. The van der Waals surface area contributed by atoms with Crippen molar-refractivity contribution in [3.8, 4) is 5.88 Å². The summed E-state index contributed by atoms with van der Waals surface area (Å²) in [5, 5.41) is 10.8. The summed E-state index contributed by atoms with van der Waals surface area (Å²) in [6, 6.07) is 0. The zero-order chi connectivity index (χ0) is 17.8. The van der Waals surface area contributed by atoms with Crippen molar-refractivity contribution in [1.29, 1.82) is 0 Å². The molecule has 1 heterocycles. The van der Waals surface area contributed by atoms with Crippen LogP contribution in [0, 0.1) is 10.1 Å². The van der Waals surface area contributed by atoms with Crippen molar-refractivity contribution in [3.05, 3.63) is 27.4 Å². The lowest BCUT2D eigenvalue weighted by molar-refractivity contribution is -0.386. The van der Waals surface area contributed by atoms with E-state index in [9.17, 15) is 36.9 Å². The molecule has 0 aliphatic carbocycles. The van der Waals surface area contributed by atoms with E-state index in [1.165, 1.54) is 6.92 Å².